The van der Waals surface area contributed by atoms with Crippen molar-refractivity contribution in [2.75, 3.05) is 20.1 Å². The molecule has 0 aromatic heterocycles. The fourth-order valence-electron chi connectivity index (χ4n) is 5.24. The van der Waals surface area contributed by atoms with Crippen molar-refractivity contribution >= 4 is 17.8 Å². The Morgan fingerprint density at radius 2 is 1.96 bits per heavy atom. The maximum absolute atomic E-state index is 12.9. The fourth-order valence-corrected chi connectivity index (χ4v) is 5.24. The number of nitrogens with one attached hydrogen (secondary N) is 1. The molecule has 1 spiro atoms. The third-order valence-electron chi connectivity index (χ3n) is 6.76. The van der Waals surface area contributed by atoms with Gasteiger partial charge >= 0.3 is 6.03 Å². The van der Waals surface area contributed by atoms with Gasteiger partial charge in [0.25, 0.3) is 5.91 Å². The summed E-state index contributed by atoms with van der Waals surface area (Å²) in [4.78, 5) is 40.5. The van der Waals surface area contributed by atoms with Crippen molar-refractivity contribution in [2.45, 2.75) is 50.5 Å². The molecule has 2 bridgehead atoms. The van der Waals surface area contributed by atoms with E-state index in [-0.39, 0.29) is 24.4 Å². The molecule has 6 heteroatoms. The Morgan fingerprint density at radius 3 is 2.60 bits per heavy atom. The van der Waals surface area contributed by atoms with Crippen molar-refractivity contribution in [3.8, 4) is 0 Å². The second-order valence-electron chi connectivity index (χ2n) is 8.17. The van der Waals surface area contributed by atoms with Crippen LogP contribution in [0.1, 0.15) is 44.9 Å². The molecule has 1 N–H and O–H groups in total. The quantitative estimate of drug-likeness (QED) is 0.625. The van der Waals surface area contributed by atoms with E-state index in [2.05, 4.69) is 17.5 Å². The summed E-state index contributed by atoms with van der Waals surface area (Å²) < 4.78 is 0. The molecule has 1 heterocycles. The summed E-state index contributed by atoms with van der Waals surface area (Å²) in [6.07, 6.45) is 11.3. The number of rotatable bonds is 4. The van der Waals surface area contributed by atoms with Gasteiger partial charge in [-0.15, -0.1) is 0 Å². The summed E-state index contributed by atoms with van der Waals surface area (Å²) in [5, 5.41) is 2.95. The molecule has 3 unspecified atom stereocenters. The molecule has 6 nitrogen and oxygen atoms in total. The van der Waals surface area contributed by atoms with Crippen molar-refractivity contribution in [2.24, 2.45) is 17.8 Å². The van der Waals surface area contributed by atoms with Crippen molar-refractivity contribution in [3.63, 3.8) is 0 Å². The number of carbonyl (C=O) groups excluding carboxylic acids is 3. The molecule has 2 saturated carbocycles. The first-order valence-corrected chi connectivity index (χ1v) is 9.56. The monoisotopic (exact) mass is 345 g/mol. The van der Waals surface area contributed by atoms with Crippen LogP contribution in [0.15, 0.2) is 12.2 Å². The first-order chi connectivity index (χ1) is 12.0. The maximum Gasteiger partial charge on any atom is 0.327 e. The van der Waals surface area contributed by atoms with Gasteiger partial charge in [0.15, 0.2) is 0 Å². The standard InChI is InChI=1S/C19H27N3O3/c1-21-18(25)22(17(24)19(21)7-3-2-4-8-19)12-16(23)20-11-15-10-13-5-6-14(15)9-13/h5-6,13-15H,2-4,7-12H2,1H3,(H,20,23). The van der Waals surface area contributed by atoms with Crippen molar-refractivity contribution in [1.29, 1.82) is 0 Å². The van der Waals surface area contributed by atoms with E-state index < -0.39 is 5.54 Å². The smallest absolute Gasteiger partial charge is 0.327 e. The number of imide groups is 1. The molecule has 0 aromatic rings. The maximum atomic E-state index is 12.9. The second-order valence-corrected chi connectivity index (χ2v) is 8.17. The van der Waals surface area contributed by atoms with Crippen LogP contribution >= 0.6 is 0 Å². The largest absolute Gasteiger partial charge is 0.354 e. The molecule has 1 aliphatic heterocycles. The van der Waals surface area contributed by atoms with Gasteiger partial charge in [-0.2, -0.15) is 0 Å². The van der Waals surface area contributed by atoms with Crippen molar-refractivity contribution in [1.82, 2.24) is 15.1 Å². The zero-order valence-electron chi connectivity index (χ0n) is 14.9. The first kappa shape index (κ1) is 16.6. The Morgan fingerprint density at radius 1 is 1.20 bits per heavy atom. The van der Waals surface area contributed by atoms with E-state index in [4.69, 9.17) is 0 Å². The molecule has 0 radical (unpaired) electrons. The van der Waals surface area contributed by atoms with Gasteiger partial charge in [0, 0.05) is 13.6 Å². The lowest BCUT2D eigenvalue weighted by Gasteiger charge is -2.35. The molecule has 4 amide bonds. The predicted octanol–water partition coefficient (Wildman–Crippen LogP) is 1.91. The van der Waals surface area contributed by atoms with Crippen LogP contribution in [0.3, 0.4) is 0 Å². The minimum Gasteiger partial charge on any atom is -0.354 e. The van der Waals surface area contributed by atoms with Crippen LogP contribution in [0.2, 0.25) is 0 Å². The fraction of sp³-hybridized carbons (Fsp3) is 0.737. The SMILES string of the molecule is CN1C(=O)N(CC(=O)NCC2CC3C=CC2C3)C(=O)C12CCCCC2. The average Bonchev–Trinajstić information content (AvgIpc) is 3.29. The Balaban J connectivity index is 1.35. The number of urea groups is 1. The number of hydrogen-bond donors (Lipinski definition) is 1. The van der Waals surface area contributed by atoms with E-state index in [1.807, 2.05) is 0 Å². The lowest BCUT2D eigenvalue weighted by molar-refractivity contribution is -0.137. The highest BCUT2D eigenvalue weighted by molar-refractivity contribution is 6.08. The van der Waals surface area contributed by atoms with E-state index >= 15 is 0 Å². The van der Waals surface area contributed by atoms with Gasteiger partial charge in [0.05, 0.1) is 0 Å². The van der Waals surface area contributed by atoms with E-state index in [0.717, 1.165) is 30.6 Å². The number of fused-ring (bicyclic) bond motifs is 2. The molecule has 4 aliphatic rings. The summed E-state index contributed by atoms with van der Waals surface area (Å²) in [6, 6.07) is -0.329. The minimum absolute atomic E-state index is 0.152. The third kappa shape index (κ3) is 2.66. The van der Waals surface area contributed by atoms with Gasteiger partial charge in [-0.25, -0.2) is 4.79 Å². The lowest BCUT2D eigenvalue weighted by atomic mass is 9.81. The van der Waals surface area contributed by atoms with Crippen LogP contribution < -0.4 is 5.32 Å². The number of nitrogens with zero attached hydrogens (tertiary/aromatic N) is 2. The highest BCUT2D eigenvalue weighted by Crippen LogP contribution is 2.43. The molecule has 3 atom stereocenters. The van der Waals surface area contributed by atoms with E-state index in [0.29, 0.717) is 37.1 Å². The predicted molar refractivity (Wildman–Crippen MR) is 92.5 cm³/mol. The van der Waals surface area contributed by atoms with Crippen molar-refractivity contribution in [3.05, 3.63) is 12.2 Å². The molecule has 3 fully saturated rings. The topological polar surface area (TPSA) is 69.7 Å². The number of amides is 4. The van der Waals surface area contributed by atoms with Gasteiger partial charge in [-0.3, -0.25) is 14.5 Å². The van der Waals surface area contributed by atoms with E-state index in [1.54, 1.807) is 11.9 Å². The Hall–Kier alpha value is -1.85. The number of hydrogen-bond acceptors (Lipinski definition) is 3. The molecule has 1 saturated heterocycles. The zero-order chi connectivity index (χ0) is 17.6. The second kappa shape index (κ2) is 6.15. The van der Waals surface area contributed by atoms with Gasteiger partial charge in [-0.1, -0.05) is 31.4 Å². The molecule has 136 valence electrons. The van der Waals surface area contributed by atoms with Crippen LogP contribution in [-0.2, 0) is 9.59 Å². The highest BCUT2D eigenvalue weighted by atomic mass is 16.2. The number of allylic oxidation sites excluding steroid dienone is 2. The minimum atomic E-state index is -0.703. The summed E-state index contributed by atoms with van der Waals surface area (Å²) in [5.74, 6) is 1.34. The lowest BCUT2D eigenvalue weighted by Crippen LogP contribution is -2.49. The third-order valence-corrected chi connectivity index (χ3v) is 6.76. The van der Waals surface area contributed by atoms with Gasteiger partial charge in [-0.05, 0) is 43.4 Å². The first-order valence-electron chi connectivity index (χ1n) is 9.56. The van der Waals surface area contributed by atoms with Crippen LogP contribution in [-0.4, -0.2) is 53.3 Å². The normalized spacial score (nSPS) is 32.9. The summed E-state index contributed by atoms with van der Waals surface area (Å²) in [5.41, 5.74) is -0.703. The molecule has 4 rings (SSSR count). The Labute approximate surface area is 148 Å². The van der Waals surface area contributed by atoms with Crippen molar-refractivity contribution < 1.29 is 14.4 Å². The van der Waals surface area contributed by atoms with Gasteiger partial charge < -0.3 is 10.2 Å². The van der Waals surface area contributed by atoms with Crippen LogP contribution in [0, 0.1) is 17.8 Å². The summed E-state index contributed by atoms with van der Waals surface area (Å²) in [7, 11) is 1.70. The zero-order valence-corrected chi connectivity index (χ0v) is 14.9. The molecular formula is C19H27N3O3. The van der Waals surface area contributed by atoms with Gasteiger partial charge in [0.2, 0.25) is 5.91 Å². The molecule has 0 aromatic carbocycles. The van der Waals surface area contributed by atoms with Crippen LogP contribution in [0.4, 0.5) is 4.79 Å². The van der Waals surface area contributed by atoms with Crippen LogP contribution in [0.25, 0.3) is 0 Å². The van der Waals surface area contributed by atoms with E-state index in [1.165, 1.54) is 6.42 Å². The van der Waals surface area contributed by atoms with Gasteiger partial charge in [0.1, 0.15) is 12.1 Å². The van der Waals surface area contributed by atoms with E-state index in [9.17, 15) is 14.4 Å². The molecular weight excluding hydrogens is 318 g/mol. The highest BCUT2D eigenvalue weighted by Gasteiger charge is 2.55. The molecule has 25 heavy (non-hydrogen) atoms. The molecule has 3 aliphatic carbocycles. The number of carbonyl (C=O) groups is 3. The Bertz CT molecular complexity index is 623. The number of likely N-dealkylation sites (N-methyl/N-ethyl adjacent to an activating group) is 1. The Kier molecular flexibility index (Phi) is 4.08. The van der Waals surface area contributed by atoms with Crippen LogP contribution in [0.5, 0.6) is 0 Å². The average molecular weight is 345 g/mol. The summed E-state index contributed by atoms with van der Waals surface area (Å²) >= 11 is 0. The summed E-state index contributed by atoms with van der Waals surface area (Å²) in [6.45, 7) is 0.488.